The van der Waals surface area contributed by atoms with E-state index in [0.717, 1.165) is 11.1 Å². The Kier molecular flexibility index (Phi) is 9.41. The molecule has 1 aromatic heterocycles. The van der Waals surface area contributed by atoms with Gasteiger partial charge in [0.1, 0.15) is 12.3 Å². The Labute approximate surface area is 216 Å². The summed E-state index contributed by atoms with van der Waals surface area (Å²) in [6.07, 6.45) is 1.96. The van der Waals surface area contributed by atoms with Crippen LogP contribution in [0.5, 0.6) is 5.75 Å². The predicted molar refractivity (Wildman–Crippen MR) is 140 cm³/mol. The quantitative estimate of drug-likeness (QED) is 0.289. The summed E-state index contributed by atoms with van der Waals surface area (Å²) >= 11 is 0. The van der Waals surface area contributed by atoms with Gasteiger partial charge in [0.05, 0.1) is 18.2 Å². The molecule has 0 spiro atoms. The summed E-state index contributed by atoms with van der Waals surface area (Å²) in [6.45, 7) is 2.55. The molecule has 0 saturated carbocycles. The van der Waals surface area contributed by atoms with Gasteiger partial charge in [0.2, 0.25) is 0 Å². The molecule has 3 aromatic rings. The lowest BCUT2D eigenvalue weighted by Gasteiger charge is -2.22. The van der Waals surface area contributed by atoms with Crippen molar-refractivity contribution in [3.63, 3.8) is 0 Å². The maximum Gasteiger partial charge on any atom is 0.415 e. The van der Waals surface area contributed by atoms with Gasteiger partial charge in [-0.2, -0.15) is 5.26 Å². The van der Waals surface area contributed by atoms with Crippen LogP contribution < -0.4 is 4.74 Å². The molecule has 0 aliphatic heterocycles. The van der Waals surface area contributed by atoms with Crippen molar-refractivity contribution in [2.24, 2.45) is 7.05 Å². The van der Waals surface area contributed by atoms with Gasteiger partial charge < -0.3 is 18.9 Å². The van der Waals surface area contributed by atoms with E-state index in [-0.39, 0.29) is 31.2 Å². The third-order valence-corrected chi connectivity index (χ3v) is 5.89. The first-order valence-electron chi connectivity index (χ1n) is 12.1. The molecule has 9 nitrogen and oxygen atoms in total. The molecule has 3 rings (SSSR count). The highest BCUT2D eigenvalue weighted by Gasteiger charge is 2.21. The van der Waals surface area contributed by atoms with E-state index >= 15 is 0 Å². The van der Waals surface area contributed by atoms with Crippen molar-refractivity contribution in [2.75, 3.05) is 40.3 Å². The molecule has 1 heterocycles. The molecule has 9 heteroatoms. The lowest BCUT2D eigenvalue weighted by atomic mass is 10.0. The Bertz CT molecular complexity index is 1300. The first kappa shape index (κ1) is 27.4. The average molecular weight is 505 g/mol. The van der Waals surface area contributed by atoms with Crippen molar-refractivity contribution in [3.8, 4) is 11.8 Å². The van der Waals surface area contributed by atoms with Gasteiger partial charge in [-0.25, -0.2) is 4.79 Å². The second-order valence-corrected chi connectivity index (χ2v) is 8.96. The zero-order chi connectivity index (χ0) is 26.9. The second-order valence-electron chi connectivity index (χ2n) is 8.96. The van der Waals surface area contributed by atoms with Crippen molar-refractivity contribution in [3.05, 3.63) is 65.4 Å². The van der Waals surface area contributed by atoms with Gasteiger partial charge in [0, 0.05) is 49.2 Å². The zero-order valence-corrected chi connectivity index (χ0v) is 21.7. The number of aryl methyl sites for hydroxylation is 2. The lowest BCUT2D eigenvalue weighted by molar-refractivity contribution is -0.144. The molecule has 0 saturated heterocycles. The highest BCUT2D eigenvalue weighted by Crippen LogP contribution is 2.27. The van der Waals surface area contributed by atoms with Crippen LogP contribution in [0.4, 0.5) is 4.79 Å². The van der Waals surface area contributed by atoms with Crippen LogP contribution in [0.15, 0.2) is 48.7 Å². The fraction of sp³-hybridized carbons (Fsp3) is 0.357. The average Bonchev–Trinajstić information content (AvgIpc) is 3.21. The van der Waals surface area contributed by atoms with E-state index in [1.54, 1.807) is 43.5 Å². The molecule has 0 atom stereocenters. The number of Topliss-reactive ketones (excluding diaryl/α,β-unsaturated/α-hetero) is 1. The van der Waals surface area contributed by atoms with Crippen LogP contribution in [0.2, 0.25) is 0 Å². The molecule has 1 amide bonds. The molecular weight excluding hydrogens is 472 g/mol. The molecule has 0 bridgehead atoms. The first-order chi connectivity index (χ1) is 17.7. The molecule has 0 N–H and O–H groups in total. The van der Waals surface area contributed by atoms with Crippen LogP contribution in [0.25, 0.3) is 10.9 Å². The monoisotopic (exact) mass is 504 g/mol. The number of esters is 1. The lowest BCUT2D eigenvalue weighted by Crippen LogP contribution is -2.42. The SMILES string of the molecule is CCOC(=O)CN(CCN(C)C)C(=O)Oc1ccc2c(c1)c(C(=O)CCc1ccc(C#N)cc1)cn2C. The number of ether oxygens (including phenoxy) is 2. The molecular formula is C28H32N4O5. The van der Waals surface area contributed by atoms with E-state index in [4.69, 9.17) is 14.7 Å². The molecule has 37 heavy (non-hydrogen) atoms. The summed E-state index contributed by atoms with van der Waals surface area (Å²) in [4.78, 5) is 41.2. The zero-order valence-electron chi connectivity index (χ0n) is 21.7. The van der Waals surface area contributed by atoms with E-state index in [1.807, 2.05) is 42.7 Å². The van der Waals surface area contributed by atoms with E-state index < -0.39 is 12.1 Å². The van der Waals surface area contributed by atoms with Crippen LogP contribution in [-0.4, -0.2) is 72.5 Å². The summed E-state index contributed by atoms with van der Waals surface area (Å²) in [5.74, 6) is -0.260. The van der Waals surface area contributed by atoms with E-state index in [1.165, 1.54) is 4.90 Å². The number of hydrogen-bond acceptors (Lipinski definition) is 7. The van der Waals surface area contributed by atoms with Crippen molar-refractivity contribution in [2.45, 2.75) is 19.8 Å². The van der Waals surface area contributed by atoms with Crippen LogP contribution >= 0.6 is 0 Å². The molecule has 0 unspecified atom stereocenters. The van der Waals surface area contributed by atoms with Crippen LogP contribution in [-0.2, 0) is 23.0 Å². The molecule has 0 aliphatic carbocycles. The number of fused-ring (bicyclic) bond motifs is 1. The molecule has 2 aromatic carbocycles. The van der Waals surface area contributed by atoms with Crippen LogP contribution in [0.3, 0.4) is 0 Å². The summed E-state index contributed by atoms with van der Waals surface area (Å²) in [5, 5.41) is 9.63. The maximum absolute atomic E-state index is 13.1. The smallest absolute Gasteiger partial charge is 0.415 e. The summed E-state index contributed by atoms with van der Waals surface area (Å²) in [6, 6.07) is 14.4. The number of nitriles is 1. The summed E-state index contributed by atoms with van der Waals surface area (Å²) in [7, 11) is 5.60. The van der Waals surface area contributed by atoms with E-state index in [0.29, 0.717) is 35.9 Å². The topological polar surface area (TPSA) is 105 Å². The van der Waals surface area contributed by atoms with E-state index in [9.17, 15) is 14.4 Å². The second kappa shape index (κ2) is 12.7. The minimum absolute atomic E-state index is 0.0339. The van der Waals surface area contributed by atoms with Gasteiger partial charge in [0.25, 0.3) is 0 Å². The fourth-order valence-corrected chi connectivity index (χ4v) is 3.88. The normalized spacial score (nSPS) is 10.8. The summed E-state index contributed by atoms with van der Waals surface area (Å²) in [5.41, 5.74) is 2.92. The highest BCUT2D eigenvalue weighted by atomic mass is 16.6. The summed E-state index contributed by atoms with van der Waals surface area (Å²) < 4.78 is 12.5. The van der Waals surface area contributed by atoms with Crippen molar-refractivity contribution in [1.29, 1.82) is 5.26 Å². The molecule has 0 fully saturated rings. The number of aromatic nitrogens is 1. The standard InChI is InChI=1S/C28H32N4O5/c1-5-36-27(34)19-32(15-14-30(2)3)28(35)37-22-11-12-25-23(16-22)24(18-31(25)4)26(33)13-10-20-6-8-21(17-29)9-7-20/h6-9,11-12,16,18H,5,10,13-15,19H2,1-4H3. The van der Waals surface area contributed by atoms with Gasteiger partial charge in [0.15, 0.2) is 5.78 Å². The first-order valence-corrected chi connectivity index (χ1v) is 12.1. The van der Waals surface area contributed by atoms with Crippen molar-refractivity contribution >= 4 is 28.7 Å². The Morgan fingerprint density at radius 1 is 1.05 bits per heavy atom. The van der Waals surface area contributed by atoms with Gasteiger partial charge in [-0.15, -0.1) is 0 Å². The molecule has 0 aliphatic rings. The number of amides is 1. The Hall–Kier alpha value is -4.16. The van der Waals surface area contributed by atoms with E-state index in [2.05, 4.69) is 6.07 Å². The third-order valence-electron chi connectivity index (χ3n) is 5.89. The highest BCUT2D eigenvalue weighted by molar-refractivity contribution is 6.08. The van der Waals surface area contributed by atoms with Crippen molar-refractivity contribution in [1.82, 2.24) is 14.4 Å². The number of carbonyl (C=O) groups is 3. The predicted octanol–water partition coefficient (Wildman–Crippen LogP) is 3.79. The number of hydrogen-bond donors (Lipinski definition) is 0. The Morgan fingerprint density at radius 2 is 1.78 bits per heavy atom. The van der Waals surface area contributed by atoms with Gasteiger partial charge in [-0.3, -0.25) is 14.5 Å². The van der Waals surface area contributed by atoms with Gasteiger partial charge >= 0.3 is 12.1 Å². The number of ketones is 1. The maximum atomic E-state index is 13.1. The Morgan fingerprint density at radius 3 is 2.43 bits per heavy atom. The van der Waals surface area contributed by atoms with Gasteiger partial charge in [-0.1, -0.05) is 12.1 Å². The van der Waals surface area contributed by atoms with Crippen LogP contribution in [0, 0.1) is 11.3 Å². The van der Waals surface area contributed by atoms with Crippen molar-refractivity contribution < 1.29 is 23.9 Å². The number of rotatable bonds is 11. The van der Waals surface area contributed by atoms with Gasteiger partial charge in [-0.05, 0) is 63.3 Å². The number of carbonyl (C=O) groups excluding carboxylic acids is 3. The minimum atomic E-state index is -0.668. The fourth-order valence-electron chi connectivity index (χ4n) is 3.88. The number of benzene rings is 2. The third kappa shape index (κ3) is 7.41. The van der Waals surface area contributed by atoms with Crippen LogP contribution in [0.1, 0.15) is 34.8 Å². The Balaban J connectivity index is 1.76. The number of likely N-dealkylation sites (N-methyl/N-ethyl adjacent to an activating group) is 1. The number of nitrogens with zero attached hydrogens (tertiary/aromatic N) is 4. The molecule has 194 valence electrons. The largest absolute Gasteiger partial charge is 0.465 e. The minimum Gasteiger partial charge on any atom is -0.465 e. The molecule has 0 radical (unpaired) electrons.